The fourth-order valence-corrected chi connectivity index (χ4v) is 4.11. The van der Waals surface area contributed by atoms with Gasteiger partial charge < -0.3 is 9.64 Å². The summed E-state index contributed by atoms with van der Waals surface area (Å²) in [7, 11) is 7.65. The molecule has 158 valence electrons. The van der Waals surface area contributed by atoms with E-state index in [2.05, 4.69) is 34.0 Å². The van der Waals surface area contributed by atoms with Crippen molar-refractivity contribution in [3.05, 3.63) is 53.6 Å². The first kappa shape index (κ1) is 20.3. The average Bonchev–Trinajstić information content (AvgIpc) is 3.35. The minimum absolute atomic E-state index is 0.243. The van der Waals surface area contributed by atoms with E-state index in [-0.39, 0.29) is 6.04 Å². The molecular formula is C23H30N6O. The second-order valence-electron chi connectivity index (χ2n) is 8.10. The van der Waals surface area contributed by atoms with E-state index in [1.807, 2.05) is 55.3 Å². The maximum Gasteiger partial charge on any atom is 0.225 e. The molecule has 1 fully saturated rings. The van der Waals surface area contributed by atoms with Crippen LogP contribution < -0.4 is 9.64 Å². The molecule has 0 radical (unpaired) electrons. The van der Waals surface area contributed by atoms with Crippen LogP contribution in [0.2, 0.25) is 0 Å². The Hall–Kier alpha value is -2.93. The Morgan fingerprint density at radius 3 is 2.77 bits per heavy atom. The van der Waals surface area contributed by atoms with Crippen molar-refractivity contribution in [3.63, 3.8) is 0 Å². The van der Waals surface area contributed by atoms with Gasteiger partial charge >= 0.3 is 0 Å². The van der Waals surface area contributed by atoms with Crippen molar-refractivity contribution in [2.24, 2.45) is 7.05 Å². The highest BCUT2D eigenvalue weighted by molar-refractivity contribution is 5.68. The lowest BCUT2D eigenvalue weighted by Crippen LogP contribution is -2.25. The lowest BCUT2D eigenvalue weighted by atomic mass is 9.99. The highest BCUT2D eigenvalue weighted by Gasteiger charge is 2.31. The quantitative estimate of drug-likeness (QED) is 0.623. The summed E-state index contributed by atoms with van der Waals surface area (Å²) < 4.78 is 7.39. The van der Waals surface area contributed by atoms with Crippen molar-refractivity contribution in [3.8, 4) is 16.9 Å². The summed E-state index contributed by atoms with van der Waals surface area (Å²) in [6, 6.07) is 8.38. The van der Waals surface area contributed by atoms with Crippen LogP contribution in [-0.2, 0) is 13.6 Å². The highest BCUT2D eigenvalue weighted by Crippen LogP contribution is 2.38. The van der Waals surface area contributed by atoms with E-state index >= 15 is 0 Å². The molecule has 7 nitrogen and oxygen atoms in total. The van der Waals surface area contributed by atoms with E-state index < -0.39 is 0 Å². The van der Waals surface area contributed by atoms with Crippen LogP contribution in [0.3, 0.4) is 0 Å². The molecule has 1 aliphatic rings. The minimum atomic E-state index is 0.243. The lowest BCUT2D eigenvalue weighted by Gasteiger charge is -2.26. The number of methoxy groups -OCH3 is 1. The summed E-state index contributed by atoms with van der Waals surface area (Å²) in [6.07, 6.45) is 6.18. The Bertz CT molecular complexity index is 1030. The van der Waals surface area contributed by atoms with Crippen molar-refractivity contribution in [2.45, 2.75) is 32.4 Å². The molecule has 4 rings (SSSR count). The Kier molecular flexibility index (Phi) is 5.72. The number of nitrogens with zero attached hydrogens (tertiary/aromatic N) is 6. The van der Waals surface area contributed by atoms with Gasteiger partial charge in [-0.05, 0) is 44.0 Å². The van der Waals surface area contributed by atoms with Crippen molar-refractivity contribution < 1.29 is 4.74 Å². The van der Waals surface area contributed by atoms with Gasteiger partial charge in [-0.2, -0.15) is 5.10 Å². The molecule has 0 N–H and O–H groups in total. The normalized spacial score (nSPS) is 16.8. The second-order valence-corrected chi connectivity index (χ2v) is 8.10. The largest absolute Gasteiger partial charge is 0.497 e. The van der Waals surface area contributed by atoms with Gasteiger partial charge in [0.2, 0.25) is 5.95 Å². The number of aryl methyl sites for hydroxylation is 1. The molecule has 0 amide bonds. The van der Waals surface area contributed by atoms with Crippen LogP contribution >= 0.6 is 0 Å². The number of ether oxygens (including phenoxy) is 1. The number of benzene rings is 1. The molecule has 1 saturated heterocycles. The van der Waals surface area contributed by atoms with Gasteiger partial charge in [-0.15, -0.1) is 0 Å². The zero-order valence-electron chi connectivity index (χ0n) is 18.5. The average molecular weight is 407 g/mol. The summed E-state index contributed by atoms with van der Waals surface area (Å²) in [6.45, 7) is 4.06. The van der Waals surface area contributed by atoms with Gasteiger partial charge in [0.25, 0.3) is 0 Å². The second kappa shape index (κ2) is 8.44. The Morgan fingerprint density at radius 2 is 2.07 bits per heavy atom. The summed E-state index contributed by atoms with van der Waals surface area (Å²) in [5.74, 6) is 1.57. The van der Waals surface area contributed by atoms with Gasteiger partial charge in [0.05, 0.1) is 25.0 Å². The topological polar surface area (TPSA) is 59.3 Å². The van der Waals surface area contributed by atoms with Crippen LogP contribution in [0.4, 0.5) is 5.95 Å². The molecule has 3 aromatic rings. The predicted octanol–water partition coefficient (Wildman–Crippen LogP) is 3.60. The van der Waals surface area contributed by atoms with Crippen molar-refractivity contribution >= 4 is 5.95 Å². The van der Waals surface area contributed by atoms with Crippen LogP contribution in [-0.4, -0.2) is 52.4 Å². The molecule has 2 aromatic heterocycles. The van der Waals surface area contributed by atoms with Gasteiger partial charge in [-0.1, -0.05) is 12.1 Å². The molecular weight excluding hydrogens is 376 g/mol. The van der Waals surface area contributed by atoms with E-state index in [4.69, 9.17) is 9.72 Å². The van der Waals surface area contributed by atoms with Crippen LogP contribution in [0.15, 0.2) is 36.7 Å². The Labute approximate surface area is 178 Å². The third-order valence-corrected chi connectivity index (χ3v) is 5.98. The van der Waals surface area contributed by atoms with E-state index in [1.54, 1.807) is 7.11 Å². The van der Waals surface area contributed by atoms with E-state index in [1.165, 1.54) is 11.3 Å². The third-order valence-electron chi connectivity index (χ3n) is 5.98. The van der Waals surface area contributed by atoms with Crippen molar-refractivity contribution in [2.75, 3.05) is 32.6 Å². The summed E-state index contributed by atoms with van der Waals surface area (Å²) >= 11 is 0. The maximum atomic E-state index is 5.45. The van der Waals surface area contributed by atoms with Gasteiger partial charge in [-0.25, -0.2) is 9.97 Å². The first-order chi connectivity index (χ1) is 14.5. The van der Waals surface area contributed by atoms with Crippen LogP contribution in [0.25, 0.3) is 11.1 Å². The molecule has 0 bridgehead atoms. The number of likely N-dealkylation sites (tertiary alicyclic amines) is 1. The summed E-state index contributed by atoms with van der Waals surface area (Å²) in [4.78, 5) is 14.1. The fourth-order valence-electron chi connectivity index (χ4n) is 4.11. The zero-order chi connectivity index (χ0) is 21.3. The Morgan fingerprint density at radius 1 is 1.23 bits per heavy atom. The third kappa shape index (κ3) is 3.89. The van der Waals surface area contributed by atoms with Gasteiger partial charge in [0, 0.05) is 50.7 Å². The predicted molar refractivity (Wildman–Crippen MR) is 119 cm³/mol. The molecule has 0 aliphatic carbocycles. The molecule has 1 unspecified atom stereocenters. The smallest absolute Gasteiger partial charge is 0.225 e. The van der Waals surface area contributed by atoms with Gasteiger partial charge in [0.1, 0.15) is 5.75 Å². The number of hydrogen-bond donors (Lipinski definition) is 0. The van der Waals surface area contributed by atoms with Crippen LogP contribution in [0.1, 0.15) is 35.8 Å². The molecule has 1 aliphatic heterocycles. The monoisotopic (exact) mass is 406 g/mol. The van der Waals surface area contributed by atoms with Crippen molar-refractivity contribution in [1.82, 2.24) is 24.6 Å². The summed E-state index contributed by atoms with van der Waals surface area (Å²) in [5, 5.41) is 4.42. The number of anilines is 1. The number of hydrogen-bond acceptors (Lipinski definition) is 6. The molecule has 30 heavy (non-hydrogen) atoms. The molecule has 0 spiro atoms. The van der Waals surface area contributed by atoms with Crippen molar-refractivity contribution in [1.29, 1.82) is 0 Å². The maximum absolute atomic E-state index is 5.45. The van der Waals surface area contributed by atoms with E-state index in [9.17, 15) is 0 Å². The van der Waals surface area contributed by atoms with Gasteiger partial charge in [-0.3, -0.25) is 9.58 Å². The van der Waals surface area contributed by atoms with E-state index in [0.29, 0.717) is 0 Å². The van der Waals surface area contributed by atoms with E-state index in [0.717, 1.165) is 54.4 Å². The number of aromatic nitrogens is 4. The standard InChI is InChI=1S/C23H30N6O/c1-16-18(13-25-28(16)4)15-29-11-7-10-21(29)22-20(14-24-23(26-22)27(2)3)17-8-6-9-19(12-17)30-5/h6,8-9,12-14,21H,7,10-11,15H2,1-5H3. The zero-order valence-corrected chi connectivity index (χ0v) is 18.5. The first-order valence-electron chi connectivity index (χ1n) is 10.4. The highest BCUT2D eigenvalue weighted by atomic mass is 16.5. The first-order valence-corrected chi connectivity index (χ1v) is 10.4. The van der Waals surface area contributed by atoms with Gasteiger partial charge in [0.15, 0.2) is 0 Å². The molecule has 1 atom stereocenters. The molecule has 7 heteroatoms. The fraction of sp³-hybridized carbons (Fsp3) is 0.435. The minimum Gasteiger partial charge on any atom is -0.497 e. The number of rotatable bonds is 6. The SMILES string of the molecule is COc1cccc(-c2cnc(N(C)C)nc2C2CCCN2Cc2cnn(C)c2C)c1. The molecule has 3 heterocycles. The van der Waals surface area contributed by atoms with Crippen LogP contribution in [0.5, 0.6) is 5.75 Å². The molecule has 1 aromatic carbocycles. The Balaban J connectivity index is 1.75. The summed E-state index contributed by atoms with van der Waals surface area (Å²) in [5.41, 5.74) is 5.72. The van der Waals surface area contributed by atoms with Crippen LogP contribution in [0, 0.1) is 6.92 Å². The molecule has 0 saturated carbocycles. The lowest BCUT2D eigenvalue weighted by molar-refractivity contribution is 0.244.